The summed E-state index contributed by atoms with van der Waals surface area (Å²) < 4.78 is 0. The highest BCUT2D eigenvalue weighted by molar-refractivity contribution is 5.57. The fourth-order valence-electron chi connectivity index (χ4n) is 3.98. The van der Waals surface area contributed by atoms with E-state index in [4.69, 9.17) is 0 Å². The van der Waals surface area contributed by atoms with Crippen LogP contribution in [0.3, 0.4) is 0 Å². The van der Waals surface area contributed by atoms with Crippen LogP contribution >= 0.6 is 0 Å². The lowest BCUT2D eigenvalue weighted by atomic mass is 9.93. The van der Waals surface area contributed by atoms with Crippen molar-refractivity contribution in [2.75, 3.05) is 25.0 Å². The fourth-order valence-corrected chi connectivity index (χ4v) is 3.98. The summed E-state index contributed by atoms with van der Waals surface area (Å²) in [5.41, 5.74) is 2.89. The normalized spacial score (nSPS) is 22.8. The number of para-hydroxylation sites is 1. The zero-order chi connectivity index (χ0) is 13.8. The van der Waals surface area contributed by atoms with Crippen LogP contribution in [0.25, 0.3) is 0 Å². The van der Waals surface area contributed by atoms with E-state index in [9.17, 15) is 0 Å². The van der Waals surface area contributed by atoms with Crippen LogP contribution in [0.2, 0.25) is 0 Å². The minimum absolute atomic E-state index is 0.712. The van der Waals surface area contributed by atoms with E-state index in [-0.39, 0.29) is 0 Å². The maximum atomic E-state index is 3.55. The standard InChI is InChI=1S/C18H28N2/c1-2-20(16-8-4-3-5-9-16)13-12-15-14-19-18-11-7-6-10-17(15)18/h6-7,10-11,15-16,19H,2-5,8-9,12-14H2,1H3. The Morgan fingerprint density at radius 1 is 1.15 bits per heavy atom. The van der Waals surface area contributed by atoms with Gasteiger partial charge >= 0.3 is 0 Å². The molecule has 1 aromatic carbocycles. The van der Waals surface area contributed by atoms with Crippen molar-refractivity contribution >= 4 is 5.69 Å². The van der Waals surface area contributed by atoms with E-state index in [1.165, 1.54) is 62.9 Å². The Hall–Kier alpha value is -1.02. The van der Waals surface area contributed by atoms with Gasteiger partial charge in [0.15, 0.2) is 0 Å². The Morgan fingerprint density at radius 2 is 1.95 bits per heavy atom. The van der Waals surface area contributed by atoms with Crippen LogP contribution in [0.1, 0.15) is 56.9 Å². The van der Waals surface area contributed by atoms with Crippen molar-refractivity contribution in [1.29, 1.82) is 0 Å². The molecule has 0 spiro atoms. The van der Waals surface area contributed by atoms with Gasteiger partial charge in [-0.25, -0.2) is 0 Å². The highest BCUT2D eigenvalue weighted by Crippen LogP contribution is 2.33. The van der Waals surface area contributed by atoms with Gasteiger partial charge in [0, 0.05) is 24.2 Å². The summed E-state index contributed by atoms with van der Waals surface area (Å²) in [6, 6.07) is 9.69. The van der Waals surface area contributed by atoms with Crippen LogP contribution in [0.4, 0.5) is 5.69 Å². The van der Waals surface area contributed by atoms with E-state index >= 15 is 0 Å². The Balaban J connectivity index is 1.56. The molecule has 3 rings (SSSR count). The first kappa shape index (κ1) is 13.9. The van der Waals surface area contributed by atoms with Gasteiger partial charge in [0.1, 0.15) is 0 Å². The topological polar surface area (TPSA) is 15.3 Å². The lowest BCUT2D eigenvalue weighted by Gasteiger charge is -2.34. The Labute approximate surface area is 123 Å². The maximum Gasteiger partial charge on any atom is 0.0376 e. The molecule has 1 fully saturated rings. The third kappa shape index (κ3) is 3.01. The molecule has 1 heterocycles. The Kier molecular flexibility index (Phi) is 4.62. The first-order valence-electron chi connectivity index (χ1n) is 8.45. The predicted octanol–water partition coefficient (Wildman–Crippen LogP) is 4.24. The van der Waals surface area contributed by atoms with Crippen molar-refractivity contribution in [1.82, 2.24) is 4.90 Å². The highest BCUT2D eigenvalue weighted by atomic mass is 15.1. The number of fused-ring (bicyclic) bond motifs is 1. The van der Waals surface area contributed by atoms with Crippen LogP contribution in [0, 0.1) is 0 Å². The molecule has 1 unspecified atom stereocenters. The van der Waals surface area contributed by atoms with Gasteiger partial charge in [-0.1, -0.05) is 44.4 Å². The van der Waals surface area contributed by atoms with E-state index in [2.05, 4.69) is 41.4 Å². The van der Waals surface area contributed by atoms with Crippen molar-refractivity contribution in [3.05, 3.63) is 29.8 Å². The average molecular weight is 272 g/mol. The molecule has 1 aromatic rings. The first-order chi connectivity index (χ1) is 9.88. The van der Waals surface area contributed by atoms with E-state index in [0.29, 0.717) is 5.92 Å². The molecule has 0 radical (unpaired) electrons. The Morgan fingerprint density at radius 3 is 2.75 bits per heavy atom. The number of nitrogens with zero attached hydrogens (tertiary/aromatic N) is 1. The molecular weight excluding hydrogens is 244 g/mol. The molecule has 20 heavy (non-hydrogen) atoms. The third-order valence-corrected chi connectivity index (χ3v) is 5.20. The molecule has 0 amide bonds. The molecule has 0 aromatic heterocycles. The molecule has 2 heteroatoms. The van der Waals surface area contributed by atoms with Crippen LogP contribution in [-0.4, -0.2) is 30.6 Å². The van der Waals surface area contributed by atoms with Gasteiger partial charge in [-0.15, -0.1) is 0 Å². The molecule has 1 N–H and O–H groups in total. The summed E-state index contributed by atoms with van der Waals surface area (Å²) in [6.07, 6.45) is 8.48. The molecule has 2 aliphatic rings. The van der Waals surface area contributed by atoms with E-state index in [1.807, 2.05) is 0 Å². The van der Waals surface area contributed by atoms with Crippen LogP contribution in [0.5, 0.6) is 0 Å². The second-order valence-corrected chi connectivity index (χ2v) is 6.37. The predicted molar refractivity (Wildman–Crippen MR) is 86.4 cm³/mol. The van der Waals surface area contributed by atoms with Gasteiger partial charge in [0.25, 0.3) is 0 Å². The SMILES string of the molecule is CCN(CCC1CNc2ccccc21)C1CCCCC1. The molecule has 1 saturated carbocycles. The zero-order valence-electron chi connectivity index (χ0n) is 12.8. The van der Waals surface area contributed by atoms with Gasteiger partial charge in [0.05, 0.1) is 0 Å². The summed E-state index contributed by atoms with van der Waals surface area (Å²) in [5, 5.41) is 3.55. The highest BCUT2D eigenvalue weighted by Gasteiger charge is 2.24. The maximum absolute atomic E-state index is 3.55. The van der Waals surface area contributed by atoms with Crippen molar-refractivity contribution in [3.8, 4) is 0 Å². The van der Waals surface area contributed by atoms with E-state index < -0.39 is 0 Å². The fraction of sp³-hybridized carbons (Fsp3) is 0.667. The lowest BCUT2D eigenvalue weighted by Crippen LogP contribution is -2.37. The van der Waals surface area contributed by atoms with E-state index in [1.54, 1.807) is 0 Å². The van der Waals surface area contributed by atoms with Crippen molar-refractivity contribution < 1.29 is 0 Å². The quantitative estimate of drug-likeness (QED) is 0.862. The number of hydrogen-bond acceptors (Lipinski definition) is 2. The van der Waals surface area contributed by atoms with Crippen molar-refractivity contribution in [3.63, 3.8) is 0 Å². The monoisotopic (exact) mass is 272 g/mol. The summed E-state index contributed by atoms with van der Waals surface area (Å²) in [6.45, 7) is 5.94. The average Bonchev–Trinajstić information content (AvgIpc) is 2.92. The van der Waals surface area contributed by atoms with Crippen LogP contribution < -0.4 is 5.32 Å². The number of rotatable bonds is 5. The largest absolute Gasteiger partial charge is 0.384 e. The third-order valence-electron chi connectivity index (χ3n) is 5.20. The smallest absolute Gasteiger partial charge is 0.0376 e. The minimum Gasteiger partial charge on any atom is -0.384 e. The van der Waals surface area contributed by atoms with Gasteiger partial charge in [-0.2, -0.15) is 0 Å². The lowest BCUT2D eigenvalue weighted by molar-refractivity contribution is 0.159. The number of nitrogens with one attached hydrogen (secondary N) is 1. The van der Waals surface area contributed by atoms with Crippen LogP contribution in [-0.2, 0) is 0 Å². The molecule has 1 aliphatic carbocycles. The van der Waals surface area contributed by atoms with Gasteiger partial charge in [-0.3, -0.25) is 0 Å². The number of hydrogen-bond donors (Lipinski definition) is 1. The number of benzene rings is 1. The first-order valence-corrected chi connectivity index (χ1v) is 8.45. The minimum atomic E-state index is 0.712. The molecule has 0 saturated heterocycles. The number of anilines is 1. The second-order valence-electron chi connectivity index (χ2n) is 6.37. The van der Waals surface area contributed by atoms with Gasteiger partial charge < -0.3 is 10.2 Å². The van der Waals surface area contributed by atoms with Gasteiger partial charge in [0.2, 0.25) is 0 Å². The molecule has 110 valence electrons. The second kappa shape index (κ2) is 6.62. The van der Waals surface area contributed by atoms with Gasteiger partial charge in [-0.05, 0) is 44.0 Å². The summed E-state index contributed by atoms with van der Waals surface area (Å²) >= 11 is 0. The molecule has 1 aliphatic heterocycles. The van der Waals surface area contributed by atoms with Crippen molar-refractivity contribution in [2.45, 2.75) is 57.4 Å². The summed E-state index contributed by atoms with van der Waals surface area (Å²) in [4.78, 5) is 2.74. The van der Waals surface area contributed by atoms with Crippen LogP contribution in [0.15, 0.2) is 24.3 Å². The molecule has 1 atom stereocenters. The summed E-state index contributed by atoms with van der Waals surface area (Å²) in [5.74, 6) is 0.712. The zero-order valence-corrected chi connectivity index (χ0v) is 12.8. The summed E-state index contributed by atoms with van der Waals surface area (Å²) in [7, 11) is 0. The molecule has 0 bridgehead atoms. The van der Waals surface area contributed by atoms with Crippen molar-refractivity contribution in [2.24, 2.45) is 0 Å². The molecular formula is C18H28N2. The Bertz CT molecular complexity index is 423. The van der Waals surface area contributed by atoms with E-state index in [0.717, 1.165) is 12.6 Å². The molecule has 2 nitrogen and oxygen atoms in total.